The lowest BCUT2D eigenvalue weighted by Crippen LogP contribution is -2.13. The number of aromatic nitrogens is 2. The quantitative estimate of drug-likeness (QED) is 0.730. The van der Waals surface area contributed by atoms with E-state index in [9.17, 15) is 0 Å². The van der Waals surface area contributed by atoms with Crippen LogP contribution in [0.4, 0.5) is 0 Å². The highest BCUT2D eigenvalue weighted by molar-refractivity contribution is 5.04. The number of hydrogen-bond donors (Lipinski definition) is 1. The van der Waals surface area contributed by atoms with Gasteiger partial charge >= 0.3 is 0 Å². The van der Waals surface area contributed by atoms with Crippen molar-refractivity contribution in [2.24, 2.45) is 5.73 Å². The van der Waals surface area contributed by atoms with Crippen molar-refractivity contribution in [1.82, 2.24) is 9.97 Å². The molecule has 1 heterocycles. The van der Waals surface area contributed by atoms with E-state index in [-0.39, 0.29) is 6.04 Å². The van der Waals surface area contributed by atoms with Crippen LogP contribution in [0.1, 0.15) is 56.5 Å². The fourth-order valence-corrected chi connectivity index (χ4v) is 1.51. The van der Waals surface area contributed by atoms with Gasteiger partial charge < -0.3 is 5.73 Å². The maximum absolute atomic E-state index is 6.00. The topological polar surface area (TPSA) is 51.8 Å². The molecule has 1 rings (SSSR count). The zero-order chi connectivity index (χ0) is 11.1. The second-order valence-electron chi connectivity index (χ2n) is 4.07. The monoisotopic (exact) mass is 207 g/mol. The number of unbranched alkanes of at least 4 members (excludes halogenated alkanes) is 3. The fourth-order valence-electron chi connectivity index (χ4n) is 1.51. The van der Waals surface area contributed by atoms with Crippen LogP contribution in [-0.4, -0.2) is 9.97 Å². The Balaban J connectivity index is 2.33. The Labute approximate surface area is 92.1 Å². The minimum Gasteiger partial charge on any atom is -0.321 e. The largest absolute Gasteiger partial charge is 0.321 e. The van der Waals surface area contributed by atoms with E-state index in [1.54, 1.807) is 0 Å². The van der Waals surface area contributed by atoms with Gasteiger partial charge in [0, 0.05) is 12.4 Å². The van der Waals surface area contributed by atoms with Gasteiger partial charge in [0.1, 0.15) is 5.82 Å². The van der Waals surface area contributed by atoms with E-state index in [0.29, 0.717) is 0 Å². The summed E-state index contributed by atoms with van der Waals surface area (Å²) in [6, 6.07) is 0.00227. The van der Waals surface area contributed by atoms with Crippen LogP contribution in [0, 0.1) is 6.92 Å². The smallest absolute Gasteiger partial charge is 0.144 e. The molecule has 0 spiro atoms. The molecule has 0 saturated heterocycles. The van der Waals surface area contributed by atoms with Crippen molar-refractivity contribution < 1.29 is 0 Å². The third-order valence-corrected chi connectivity index (χ3v) is 2.50. The predicted octanol–water partition coefficient (Wildman–Crippen LogP) is 2.76. The first-order valence-electron chi connectivity index (χ1n) is 5.78. The summed E-state index contributed by atoms with van der Waals surface area (Å²) in [5, 5.41) is 0. The van der Waals surface area contributed by atoms with Crippen LogP contribution < -0.4 is 5.73 Å². The minimum absolute atomic E-state index is 0.00227. The van der Waals surface area contributed by atoms with E-state index < -0.39 is 0 Å². The van der Waals surface area contributed by atoms with Gasteiger partial charge in [0.2, 0.25) is 0 Å². The first-order valence-corrected chi connectivity index (χ1v) is 5.78. The van der Waals surface area contributed by atoms with Crippen molar-refractivity contribution in [3.8, 4) is 0 Å². The van der Waals surface area contributed by atoms with Crippen LogP contribution in [0.5, 0.6) is 0 Å². The molecule has 0 aliphatic rings. The Morgan fingerprint density at radius 2 is 1.87 bits per heavy atom. The summed E-state index contributed by atoms with van der Waals surface area (Å²) in [5.74, 6) is 0.775. The van der Waals surface area contributed by atoms with Crippen LogP contribution in [0.3, 0.4) is 0 Å². The highest BCUT2D eigenvalue weighted by Gasteiger charge is 2.07. The summed E-state index contributed by atoms with van der Waals surface area (Å²) in [6.45, 7) is 4.19. The second kappa shape index (κ2) is 6.51. The molecule has 3 nitrogen and oxygen atoms in total. The summed E-state index contributed by atoms with van der Waals surface area (Å²) in [4.78, 5) is 8.48. The molecule has 2 N–H and O–H groups in total. The maximum Gasteiger partial charge on any atom is 0.144 e. The number of nitrogens with two attached hydrogens (primary N) is 1. The highest BCUT2D eigenvalue weighted by atomic mass is 14.9. The van der Waals surface area contributed by atoms with E-state index in [1.165, 1.54) is 25.7 Å². The first-order chi connectivity index (χ1) is 7.24. The molecule has 0 radical (unpaired) electrons. The predicted molar refractivity (Wildman–Crippen MR) is 62.5 cm³/mol. The Bertz CT molecular complexity index is 269. The molecule has 0 amide bonds. The van der Waals surface area contributed by atoms with Gasteiger partial charge in [-0.2, -0.15) is 0 Å². The van der Waals surface area contributed by atoms with Gasteiger partial charge in [-0.3, -0.25) is 0 Å². The average Bonchev–Trinajstić information content (AvgIpc) is 2.25. The van der Waals surface area contributed by atoms with Crippen molar-refractivity contribution >= 4 is 0 Å². The van der Waals surface area contributed by atoms with Gasteiger partial charge in [0.15, 0.2) is 0 Å². The summed E-state index contributed by atoms with van der Waals surface area (Å²) in [6.07, 6.45) is 9.63. The molecular weight excluding hydrogens is 186 g/mol. The Hall–Kier alpha value is -0.960. The molecule has 1 atom stereocenters. The van der Waals surface area contributed by atoms with E-state index in [0.717, 1.165) is 17.8 Å². The van der Waals surface area contributed by atoms with E-state index in [1.807, 2.05) is 19.3 Å². The molecule has 1 aromatic heterocycles. The molecule has 0 aliphatic heterocycles. The molecule has 0 saturated carbocycles. The van der Waals surface area contributed by atoms with Crippen molar-refractivity contribution in [2.45, 2.75) is 52.0 Å². The van der Waals surface area contributed by atoms with E-state index in [4.69, 9.17) is 5.73 Å². The lowest BCUT2D eigenvalue weighted by Gasteiger charge is -2.09. The van der Waals surface area contributed by atoms with E-state index >= 15 is 0 Å². The van der Waals surface area contributed by atoms with Gasteiger partial charge in [-0.1, -0.05) is 32.6 Å². The zero-order valence-electron chi connectivity index (χ0n) is 9.74. The molecule has 15 heavy (non-hydrogen) atoms. The molecule has 0 aromatic carbocycles. The Morgan fingerprint density at radius 1 is 1.20 bits per heavy atom. The number of aryl methyl sites for hydroxylation is 1. The number of rotatable bonds is 6. The van der Waals surface area contributed by atoms with Crippen molar-refractivity contribution in [1.29, 1.82) is 0 Å². The first kappa shape index (κ1) is 12.1. The third kappa shape index (κ3) is 4.38. The lowest BCUT2D eigenvalue weighted by atomic mass is 10.1. The molecule has 0 aliphatic carbocycles. The van der Waals surface area contributed by atoms with Crippen molar-refractivity contribution in [2.75, 3.05) is 0 Å². The summed E-state index contributed by atoms with van der Waals surface area (Å²) >= 11 is 0. The molecule has 1 aromatic rings. The highest BCUT2D eigenvalue weighted by Crippen LogP contribution is 2.13. The summed E-state index contributed by atoms with van der Waals surface area (Å²) < 4.78 is 0. The van der Waals surface area contributed by atoms with Gasteiger partial charge in [0.25, 0.3) is 0 Å². The van der Waals surface area contributed by atoms with Gasteiger partial charge in [-0.25, -0.2) is 9.97 Å². The van der Waals surface area contributed by atoms with Crippen molar-refractivity contribution in [3.05, 3.63) is 23.8 Å². The molecular formula is C12H21N3. The normalized spacial score (nSPS) is 12.7. The zero-order valence-corrected chi connectivity index (χ0v) is 9.74. The second-order valence-corrected chi connectivity index (χ2v) is 4.07. The van der Waals surface area contributed by atoms with Gasteiger partial charge in [0.05, 0.1) is 6.04 Å². The maximum atomic E-state index is 6.00. The average molecular weight is 207 g/mol. The number of nitrogens with zero attached hydrogens (tertiary/aromatic N) is 2. The van der Waals surface area contributed by atoms with Crippen LogP contribution in [0.2, 0.25) is 0 Å². The molecule has 3 heteroatoms. The Kier molecular flexibility index (Phi) is 5.26. The lowest BCUT2D eigenvalue weighted by molar-refractivity contribution is 0.546. The van der Waals surface area contributed by atoms with Gasteiger partial charge in [-0.15, -0.1) is 0 Å². The van der Waals surface area contributed by atoms with Crippen molar-refractivity contribution in [3.63, 3.8) is 0 Å². The van der Waals surface area contributed by atoms with E-state index in [2.05, 4.69) is 16.9 Å². The third-order valence-electron chi connectivity index (χ3n) is 2.50. The molecule has 1 unspecified atom stereocenters. The molecule has 0 fully saturated rings. The van der Waals surface area contributed by atoms with Crippen LogP contribution >= 0.6 is 0 Å². The molecule has 84 valence electrons. The number of hydrogen-bond acceptors (Lipinski definition) is 3. The van der Waals surface area contributed by atoms with Gasteiger partial charge in [-0.05, 0) is 18.9 Å². The fraction of sp³-hybridized carbons (Fsp3) is 0.667. The summed E-state index contributed by atoms with van der Waals surface area (Å²) in [5.41, 5.74) is 7.08. The van der Waals surface area contributed by atoms with Crippen LogP contribution in [0.25, 0.3) is 0 Å². The SMILES string of the molecule is CCCCCCC(N)c1ncc(C)cn1. The minimum atomic E-state index is 0.00227. The standard InChI is InChI=1S/C12H21N3/c1-3-4-5-6-7-11(13)12-14-8-10(2)9-15-12/h8-9,11H,3-7,13H2,1-2H3. The summed E-state index contributed by atoms with van der Waals surface area (Å²) in [7, 11) is 0. The Morgan fingerprint density at radius 3 is 2.47 bits per heavy atom. The molecule has 0 bridgehead atoms. The van der Waals surface area contributed by atoms with Crippen LogP contribution in [-0.2, 0) is 0 Å². The van der Waals surface area contributed by atoms with Crippen LogP contribution in [0.15, 0.2) is 12.4 Å².